The fourth-order valence-corrected chi connectivity index (χ4v) is 7.53. The molecule has 0 atom stereocenters. The summed E-state index contributed by atoms with van der Waals surface area (Å²) in [6.07, 6.45) is 2.95. The SMILES string of the molecule is O=C(NO)C(F)=C(c1cccc(NS(=O)(=O)c2cccc3cccnc23)c1)c1cccc(NS(=O)(=O)c2cccc3cccnc23)c1. The Bertz CT molecular complexity index is 2270. The topological polar surface area (TPSA) is 167 Å². The number of sulfonamides is 2. The first-order chi connectivity index (χ1) is 22.6. The van der Waals surface area contributed by atoms with Crippen molar-refractivity contribution in [2.24, 2.45) is 0 Å². The van der Waals surface area contributed by atoms with E-state index in [0.29, 0.717) is 10.8 Å². The highest BCUT2D eigenvalue weighted by molar-refractivity contribution is 7.93. The molecular weight excluding hydrogens is 646 g/mol. The minimum absolute atomic E-state index is 0.0328. The van der Waals surface area contributed by atoms with Gasteiger partial charge >= 0.3 is 5.91 Å². The van der Waals surface area contributed by atoms with Crippen molar-refractivity contribution < 1.29 is 31.2 Å². The zero-order valence-electron chi connectivity index (χ0n) is 24.1. The van der Waals surface area contributed by atoms with Crippen LogP contribution in [0.2, 0.25) is 0 Å². The molecule has 11 nitrogen and oxygen atoms in total. The van der Waals surface area contributed by atoms with Crippen molar-refractivity contribution in [1.82, 2.24) is 15.4 Å². The number of carbonyl (C=O) groups excluding carboxylic acids is 1. The molecule has 47 heavy (non-hydrogen) atoms. The van der Waals surface area contributed by atoms with Crippen LogP contribution in [0.1, 0.15) is 11.1 Å². The summed E-state index contributed by atoms with van der Waals surface area (Å²) >= 11 is 0. The van der Waals surface area contributed by atoms with Crippen molar-refractivity contribution in [3.05, 3.63) is 139 Å². The van der Waals surface area contributed by atoms with Crippen molar-refractivity contribution in [2.75, 3.05) is 9.44 Å². The molecule has 0 radical (unpaired) electrons. The fourth-order valence-electron chi connectivity index (χ4n) is 5.07. The molecule has 0 aliphatic heterocycles. The van der Waals surface area contributed by atoms with Gasteiger partial charge in [0.05, 0.1) is 11.0 Å². The molecule has 0 saturated carbocycles. The Hall–Kier alpha value is -5.70. The van der Waals surface area contributed by atoms with Crippen LogP contribution in [0.15, 0.2) is 137 Å². The zero-order chi connectivity index (χ0) is 33.2. The normalized spacial score (nSPS) is 11.6. The van der Waals surface area contributed by atoms with Crippen molar-refractivity contribution >= 4 is 64.7 Å². The Balaban J connectivity index is 1.38. The highest BCUT2D eigenvalue weighted by atomic mass is 32.2. The molecule has 0 aliphatic carbocycles. The number of para-hydroxylation sites is 2. The van der Waals surface area contributed by atoms with Gasteiger partial charge in [0.2, 0.25) is 0 Å². The Morgan fingerprint density at radius 2 is 1.04 bits per heavy atom. The van der Waals surface area contributed by atoms with Gasteiger partial charge in [-0.2, -0.15) is 0 Å². The van der Waals surface area contributed by atoms with Gasteiger partial charge in [-0.25, -0.2) is 26.7 Å². The van der Waals surface area contributed by atoms with E-state index in [0.717, 1.165) is 0 Å². The van der Waals surface area contributed by atoms with E-state index in [9.17, 15) is 26.8 Å². The summed E-state index contributed by atoms with van der Waals surface area (Å²) in [7, 11) is -8.36. The Morgan fingerprint density at radius 3 is 1.49 bits per heavy atom. The summed E-state index contributed by atoms with van der Waals surface area (Å²) in [6.45, 7) is 0. The number of benzene rings is 4. The Morgan fingerprint density at radius 1 is 0.617 bits per heavy atom. The molecule has 6 aromatic rings. The summed E-state index contributed by atoms with van der Waals surface area (Å²) in [6, 6.07) is 27.4. The zero-order valence-corrected chi connectivity index (χ0v) is 25.8. The number of nitrogens with zero attached hydrogens (tertiary/aromatic N) is 2. The molecule has 0 aliphatic rings. The summed E-state index contributed by atoms with van der Waals surface area (Å²) < 4.78 is 74.3. The molecule has 2 heterocycles. The maximum Gasteiger partial charge on any atom is 0.304 e. The van der Waals surface area contributed by atoms with Gasteiger partial charge < -0.3 is 0 Å². The van der Waals surface area contributed by atoms with E-state index in [2.05, 4.69) is 19.4 Å². The number of hydrogen-bond acceptors (Lipinski definition) is 8. The maximum atomic E-state index is 15.7. The lowest BCUT2D eigenvalue weighted by Gasteiger charge is -2.15. The van der Waals surface area contributed by atoms with Crippen LogP contribution in [0.3, 0.4) is 0 Å². The number of hydrogen-bond donors (Lipinski definition) is 4. The molecule has 0 spiro atoms. The van der Waals surface area contributed by atoms with Gasteiger partial charge in [0.15, 0.2) is 5.83 Å². The second kappa shape index (κ2) is 12.6. The van der Waals surface area contributed by atoms with Gasteiger partial charge in [-0.3, -0.25) is 29.4 Å². The maximum absolute atomic E-state index is 15.7. The lowest BCUT2D eigenvalue weighted by Crippen LogP contribution is -2.20. The molecule has 1 amide bonds. The van der Waals surface area contributed by atoms with E-state index >= 15 is 4.39 Å². The highest BCUT2D eigenvalue weighted by Gasteiger charge is 2.23. The number of rotatable bonds is 9. The number of halogens is 1. The van der Waals surface area contributed by atoms with Crippen molar-refractivity contribution in [1.29, 1.82) is 0 Å². The van der Waals surface area contributed by atoms with Crippen LogP contribution < -0.4 is 14.9 Å². The number of anilines is 2. The molecule has 0 fully saturated rings. The predicted molar refractivity (Wildman–Crippen MR) is 175 cm³/mol. The van der Waals surface area contributed by atoms with E-state index < -0.39 is 31.8 Å². The van der Waals surface area contributed by atoms with Crippen LogP contribution >= 0.6 is 0 Å². The summed E-state index contributed by atoms with van der Waals surface area (Å²) in [5.41, 5.74) is 1.57. The van der Waals surface area contributed by atoms with Crippen molar-refractivity contribution in [2.45, 2.75) is 9.79 Å². The average Bonchev–Trinajstić information content (AvgIpc) is 3.07. The molecule has 4 N–H and O–H groups in total. The standard InChI is InChI=1S/C33H24FN5O6S2/c34-30(33(40)37-41)29(23-9-1-13-25(19-23)38-46(42,43)27-15-3-7-21-11-5-17-35-31(21)27)24-10-2-14-26(20-24)39-47(44,45)28-16-4-8-22-12-6-18-36-32(22)28/h1-20,38-39,41H,(H,37,40). The lowest BCUT2D eigenvalue weighted by atomic mass is 9.96. The Labute approximate surface area is 268 Å². The van der Waals surface area contributed by atoms with E-state index in [1.165, 1.54) is 78.5 Å². The van der Waals surface area contributed by atoms with Gasteiger partial charge in [-0.1, -0.05) is 60.7 Å². The Kier molecular flexibility index (Phi) is 8.38. The minimum Gasteiger partial charge on any atom is -0.288 e. The second-order valence-corrected chi connectivity index (χ2v) is 13.5. The number of nitrogens with one attached hydrogen (secondary N) is 3. The van der Waals surface area contributed by atoms with E-state index in [1.54, 1.807) is 48.5 Å². The predicted octanol–water partition coefficient (Wildman–Crippen LogP) is 5.62. The molecular formula is C33H24FN5O6S2. The van der Waals surface area contributed by atoms with Crippen LogP contribution in [-0.2, 0) is 24.8 Å². The van der Waals surface area contributed by atoms with Gasteiger partial charge in [0.25, 0.3) is 20.0 Å². The highest BCUT2D eigenvalue weighted by Crippen LogP contribution is 2.33. The number of hydroxylamine groups is 1. The number of carbonyl (C=O) groups is 1. The molecule has 236 valence electrons. The molecule has 14 heteroatoms. The van der Waals surface area contributed by atoms with Crippen LogP contribution in [0.25, 0.3) is 27.4 Å². The third kappa shape index (κ3) is 6.37. The number of amides is 1. The quantitative estimate of drug-likeness (QED) is 0.0875. The molecule has 0 bridgehead atoms. The molecule has 2 aromatic heterocycles. The first-order valence-electron chi connectivity index (χ1n) is 13.9. The largest absolute Gasteiger partial charge is 0.304 e. The lowest BCUT2D eigenvalue weighted by molar-refractivity contribution is -0.126. The smallest absolute Gasteiger partial charge is 0.288 e. The third-order valence-electron chi connectivity index (χ3n) is 7.10. The first-order valence-corrected chi connectivity index (χ1v) is 16.8. The van der Waals surface area contributed by atoms with Crippen molar-refractivity contribution in [3.8, 4) is 0 Å². The van der Waals surface area contributed by atoms with Crippen molar-refractivity contribution in [3.63, 3.8) is 0 Å². The van der Waals surface area contributed by atoms with Crippen LogP contribution in [0.5, 0.6) is 0 Å². The average molecular weight is 670 g/mol. The number of aromatic nitrogens is 2. The summed E-state index contributed by atoms with van der Waals surface area (Å²) in [5.74, 6) is -2.88. The van der Waals surface area contributed by atoms with Gasteiger partial charge in [0, 0.05) is 40.1 Å². The van der Waals surface area contributed by atoms with Gasteiger partial charge in [0.1, 0.15) is 9.79 Å². The first kappa shape index (κ1) is 31.3. The number of pyridine rings is 2. The number of fused-ring (bicyclic) bond motifs is 2. The second-order valence-electron chi connectivity index (χ2n) is 10.2. The van der Waals surface area contributed by atoms with E-state index in [1.807, 2.05) is 0 Å². The molecule has 0 unspecified atom stereocenters. The van der Waals surface area contributed by atoms with Crippen LogP contribution in [0, 0.1) is 0 Å². The molecule has 4 aromatic carbocycles. The van der Waals surface area contributed by atoms with E-state index in [-0.39, 0.29) is 48.9 Å². The van der Waals surface area contributed by atoms with Gasteiger partial charge in [-0.05, 0) is 59.7 Å². The van der Waals surface area contributed by atoms with Crippen LogP contribution in [0.4, 0.5) is 15.8 Å². The van der Waals surface area contributed by atoms with Gasteiger partial charge in [-0.15, -0.1) is 0 Å². The monoisotopic (exact) mass is 669 g/mol. The minimum atomic E-state index is -4.18. The van der Waals surface area contributed by atoms with E-state index in [4.69, 9.17) is 0 Å². The molecule has 6 rings (SSSR count). The molecule has 0 saturated heterocycles. The fraction of sp³-hybridized carbons (Fsp3) is 0. The summed E-state index contributed by atoms with van der Waals surface area (Å²) in [4.78, 5) is 20.6. The summed E-state index contributed by atoms with van der Waals surface area (Å²) in [5, 5.41) is 10.4. The third-order valence-corrected chi connectivity index (χ3v) is 9.92. The van der Waals surface area contributed by atoms with Crippen LogP contribution in [-0.4, -0.2) is 37.9 Å².